The summed E-state index contributed by atoms with van der Waals surface area (Å²) < 4.78 is 0. The molecule has 0 aliphatic carbocycles. The summed E-state index contributed by atoms with van der Waals surface area (Å²) in [6.07, 6.45) is 2.63. The molecule has 0 bridgehead atoms. The van der Waals surface area contributed by atoms with Crippen molar-refractivity contribution >= 4 is 28.6 Å². The Hall–Kier alpha value is -3.09. The van der Waals surface area contributed by atoms with Crippen LogP contribution < -0.4 is 5.32 Å². The molecule has 110 valence electrons. The van der Waals surface area contributed by atoms with Crippen LogP contribution in [0.15, 0.2) is 36.7 Å². The van der Waals surface area contributed by atoms with Crippen LogP contribution in [-0.4, -0.2) is 31.1 Å². The van der Waals surface area contributed by atoms with Gasteiger partial charge in [-0.25, -0.2) is 14.8 Å². The first-order chi connectivity index (χ1) is 10.7. The van der Waals surface area contributed by atoms with Crippen LogP contribution in [0.3, 0.4) is 0 Å². The first-order valence-corrected chi connectivity index (χ1v) is 6.86. The Morgan fingerprint density at radius 1 is 1.32 bits per heavy atom. The first kappa shape index (κ1) is 12.6. The summed E-state index contributed by atoms with van der Waals surface area (Å²) in [7, 11) is 0. The molecule has 1 amide bonds. The number of rotatable bonds is 2. The largest absolute Gasteiger partial charge is 0.465 e. The number of carbonyl (C=O) groups is 1. The summed E-state index contributed by atoms with van der Waals surface area (Å²) >= 11 is 0. The molecule has 3 aromatic rings. The fourth-order valence-electron chi connectivity index (χ4n) is 2.60. The number of carboxylic acid groups (broad SMARTS) is 1. The fourth-order valence-corrected chi connectivity index (χ4v) is 2.60. The maximum absolute atomic E-state index is 11.0. The van der Waals surface area contributed by atoms with Crippen molar-refractivity contribution in [3.8, 4) is 0 Å². The minimum atomic E-state index is -0.940. The number of H-pyrrole nitrogens is 1. The van der Waals surface area contributed by atoms with Gasteiger partial charge in [-0.2, -0.15) is 0 Å². The minimum Gasteiger partial charge on any atom is -0.465 e. The van der Waals surface area contributed by atoms with Crippen molar-refractivity contribution in [3.05, 3.63) is 47.9 Å². The zero-order valence-electron chi connectivity index (χ0n) is 11.6. The number of nitrogens with one attached hydrogen (secondary N) is 2. The van der Waals surface area contributed by atoms with Gasteiger partial charge in [0.15, 0.2) is 0 Å². The van der Waals surface area contributed by atoms with Crippen LogP contribution in [0.4, 0.5) is 16.4 Å². The van der Waals surface area contributed by atoms with Gasteiger partial charge in [-0.3, -0.25) is 4.90 Å². The fraction of sp³-hybridized carbons (Fsp3) is 0.133. The smallest absolute Gasteiger partial charge is 0.407 e. The first-order valence-electron chi connectivity index (χ1n) is 6.86. The molecule has 0 spiro atoms. The number of fused-ring (bicyclic) bond motifs is 2. The maximum atomic E-state index is 11.0. The molecule has 0 unspecified atom stereocenters. The van der Waals surface area contributed by atoms with Crippen LogP contribution in [0.25, 0.3) is 10.9 Å². The topological polar surface area (TPSA) is 94.1 Å². The van der Waals surface area contributed by atoms with Gasteiger partial charge in [-0.1, -0.05) is 6.07 Å². The molecule has 0 saturated heterocycles. The highest BCUT2D eigenvalue weighted by Gasteiger charge is 2.24. The summed E-state index contributed by atoms with van der Waals surface area (Å²) in [6.45, 7) is 0.650. The molecule has 0 fully saturated rings. The van der Waals surface area contributed by atoms with E-state index in [1.807, 2.05) is 30.5 Å². The Morgan fingerprint density at radius 2 is 2.23 bits per heavy atom. The van der Waals surface area contributed by atoms with Gasteiger partial charge in [-0.05, 0) is 23.6 Å². The summed E-state index contributed by atoms with van der Waals surface area (Å²) in [6, 6.07) is 7.95. The standard InChI is InChI=1S/C15H13N5O2/c21-15(22)20-7-10-6-17-14(19-13(10)8-20)18-11-2-1-9-3-4-16-12(9)5-11/h1-6,16H,7-8H2,(H,21,22)(H,17,18,19). The second-order valence-corrected chi connectivity index (χ2v) is 5.21. The van der Waals surface area contributed by atoms with Gasteiger partial charge < -0.3 is 15.4 Å². The van der Waals surface area contributed by atoms with E-state index >= 15 is 0 Å². The number of aromatic nitrogens is 3. The number of nitrogens with zero attached hydrogens (tertiary/aromatic N) is 3. The number of anilines is 2. The molecule has 0 saturated carbocycles. The van der Waals surface area contributed by atoms with Crippen LogP contribution in [0.1, 0.15) is 11.3 Å². The summed E-state index contributed by atoms with van der Waals surface area (Å²) in [4.78, 5) is 24.1. The van der Waals surface area contributed by atoms with Crippen LogP contribution >= 0.6 is 0 Å². The molecule has 7 nitrogen and oxygen atoms in total. The second-order valence-electron chi connectivity index (χ2n) is 5.21. The third-order valence-electron chi connectivity index (χ3n) is 3.74. The Balaban J connectivity index is 1.59. The molecule has 0 atom stereocenters. The molecule has 3 N–H and O–H groups in total. The van der Waals surface area contributed by atoms with E-state index in [0.717, 1.165) is 27.8 Å². The van der Waals surface area contributed by atoms with Crippen molar-refractivity contribution in [2.75, 3.05) is 5.32 Å². The lowest BCUT2D eigenvalue weighted by molar-refractivity contribution is 0.145. The van der Waals surface area contributed by atoms with E-state index in [0.29, 0.717) is 19.0 Å². The predicted molar refractivity (Wildman–Crippen MR) is 80.9 cm³/mol. The Labute approximate surface area is 125 Å². The van der Waals surface area contributed by atoms with Gasteiger partial charge in [0.25, 0.3) is 0 Å². The van der Waals surface area contributed by atoms with Gasteiger partial charge in [0.2, 0.25) is 5.95 Å². The molecule has 3 heterocycles. The van der Waals surface area contributed by atoms with Crippen molar-refractivity contribution in [1.82, 2.24) is 19.9 Å². The quantitative estimate of drug-likeness (QED) is 0.675. The highest BCUT2D eigenvalue weighted by molar-refractivity contribution is 5.83. The van der Waals surface area contributed by atoms with Crippen LogP contribution in [0, 0.1) is 0 Å². The summed E-state index contributed by atoms with van der Waals surface area (Å²) in [5.41, 5.74) is 3.51. The van der Waals surface area contributed by atoms with E-state index in [1.54, 1.807) is 6.20 Å². The van der Waals surface area contributed by atoms with Gasteiger partial charge in [0.05, 0.1) is 18.8 Å². The van der Waals surface area contributed by atoms with E-state index in [2.05, 4.69) is 20.3 Å². The number of benzene rings is 1. The van der Waals surface area contributed by atoms with Crippen molar-refractivity contribution in [1.29, 1.82) is 0 Å². The maximum Gasteiger partial charge on any atom is 0.407 e. The average molecular weight is 295 g/mol. The van der Waals surface area contributed by atoms with Crippen LogP contribution in [0.2, 0.25) is 0 Å². The summed E-state index contributed by atoms with van der Waals surface area (Å²) in [5.74, 6) is 0.469. The number of hydrogen-bond acceptors (Lipinski definition) is 4. The minimum absolute atomic E-state index is 0.303. The van der Waals surface area contributed by atoms with Crippen molar-refractivity contribution in [2.24, 2.45) is 0 Å². The van der Waals surface area contributed by atoms with Gasteiger partial charge in [-0.15, -0.1) is 0 Å². The van der Waals surface area contributed by atoms with Crippen molar-refractivity contribution in [3.63, 3.8) is 0 Å². The summed E-state index contributed by atoms with van der Waals surface area (Å²) in [5, 5.41) is 13.3. The van der Waals surface area contributed by atoms with Crippen molar-refractivity contribution in [2.45, 2.75) is 13.1 Å². The number of amides is 1. The van der Waals surface area contributed by atoms with E-state index in [4.69, 9.17) is 5.11 Å². The highest BCUT2D eigenvalue weighted by Crippen LogP contribution is 2.23. The third kappa shape index (κ3) is 2.12. The van der Waals surface area contributed by atoms with Crippen LogP contribution in [0.5, 0.6) is 0 Å². The lowest BCUT2D eigenvalue weighted by Gasteiger charge is -2.08. The zero-order valence-corrected chi connectivity index (χ0v) is 11.6. The molecule has 1 aliphatic rings. The van der Waals surface area contributed by atoms with Crippen molar-refractivity contribution < 1.29 is 9.90 Å². The molecule has 22 heavy (non-hydrogen) atoms. The number of aromatic amines is 1. The lowest BCUT2D eigenvalue weighted by atomic mass is 10.2. The molecule has 2 aromatic heterocycles. The Bertz CT molecular complexity index is 873. The van der Waals surface area contributed by atoms with E-state index in [1.165, 1.54) is 4.90 Å². The molecule has 1 aromatic carbocycles. The predicted octanol–water partition coefficient (Wildman–Crippen LogP) is 2.70. The second kappa shape index (κ2) is 4.73. The third-order valence-corrected chi connectivity index (χ3v) is 3.74. The SMILES string of the molecule is O=C(O)N1Cc2cnc(Nc3ccc4cc[nH]c4c3)nc2C1. The molecular weight excluding hydrogens is 282 g/mol. The van der Waals surface area contributed by atoms with Gasteiger partial charge in [0, 0.05) is 29.2 Å². The molecule has 1 aliphatic heterocycles. The molecular formula is C15H13N5O2. The van der Waals surface area contributed by atoms with E-state index < -0.39 is 6.09 Å². The van der Waals surface area contributed by atoms with E-state index in [9.17, 15) is 4.79 Å². The zero-order chi connectivity index (χ0) is 15.1. The van der Waals surface area contributed by atoms with Gasteiger partial charge in [0.1, 0.15) is 0 Å². The average Bonchev–Trinajstić information content (AvgIpc) is 3.12. The highest BCUT2D eigenvalue weighted by atomic mass is 16.4. The van der Waals surface area contributed by atoms with E-state index in [-0.39, 0.29) is 0 Å². The Kier molecular flexibility index (Phi) is 2.72. The van der Waals surface area contributed by atoms with Gasteiger partial charge >= 0.3 is 6.09 Å². The monoisotopic (exact) mass is 295 g/mol. The molecule has 4 rings (SSSR count). The number of hydrogen-bond donors (Lipinski definition) is 3. The van der Waals surface area contributed by atoms with Crippen LogP contribution in [-0.2, 0) is 13.1 Å². The lowest BCUT2D eigenvalue weighted by Crippen LogP contribution is -2.22. The Morgan fingerprint density at radius 3 is 3.09 bits per heavy atom. The normalized spacial score (nSPS) is 13.4. The molecule has 7 heteroatoms. The molecule has 0 radical (unpaired) electrons.